The number of aromatic carboxylic acids is 1. The van der Waals surface area contributed by atoms with Gasteiger partial charge in [-0.1, -0.05) is 18.8 Å². The first kappa shape index (κ1) is 21.9. The van der Waals surface area contributed by atoms with Crippen molar-refractivity contribution in [2.75, 3.05) is 18.0 Å². The maximum Gasteiger partial charge on any atom is 0.348 e. The average Bonchev–Trinajstić information content (AvgIpc) is 3.31. The summed E-state index contributed by atoms with van der Waals surface area (Å²) in [6.45, 7) is 9.86. The molecular formula is C23H32N2O3S. The Balaban J connectivity index is 1.98. The molecule has 1 aromatic heterocycles. The molecule has 158 valence electrons. The van der Waals surface area contributed by atoms with Gasteiger partial charge in [-0.25, -0.2) is 4.79 Å². The summed E-state index contributed by atoms with van der Waals surface area (Å²) in [6, 6.07) is 1.81. The van der Waals surface area contributed by atoms with Crippen molar-refractivity contribution in [3.05, 3.63) is 15.8 Å². The van der Waals surface area contributed by atoms with Gasteiger partial charge < -0.3 is 15.3 Å². The average molecular weight is 417 g/mol. The number of rotatable bonds is 4. The lowest BCUT2D eigenvalue weighted by atomic mass is 9.82. The highest BCUT2D eigenvalue weighted by Crippen LogP contribution is 2.37. The zero-order valence-corrected chi connectivity index (χ0v) is 18.7. The molecule has 1 aromatic rings. The highest BCUT2D eigenvalue weighted by molar-refractivity contribution is 7.15. The van der Waals surface area contributed by atoms with E-state index in [-0.39, 0.29) is 28.2 Å². The van der Waals surface area contributed by atoms with Crippen LogP contribution in [-0.2, 0) is 4.79 Å². The largest absolute Gasteiger partial charge is 0.477 e. The van der Waals surface area contributed by atoms with Crippen LogP contribution in [0.3, 0.4) is 0 Å². The summed E-state index contributed by atoms with van der Waals surface area (Å²) in [5, 5.41) is 13.2. The van der Waals surface area contributed by atoms with Crippen molar-refractivity contribution < 1.29 is 14.7 Å². The number of carboxylic acids is 1. The number of nitrogens with one attached hydrogen (secondary N) is 1. The lowest BCUT2D eigenvalue weighted by Gasteiger charge is -2.34. The molecule has 29 heavy (non-hydrogen) atoms. The number of carboxylic acid groups (broad SMARTS) is 1. The van der Waals surface area contributed by atoms with Crippen LogP contribution in [0, 0.1) is 29.1 Å². The quantitative estimate of drug-likeness (QED) is 0.716. The Morgan fingerprint density at radius 1 is 1.21 bits per heavy atom. The fourth-order valence-electron chi connectivity index (χ4n) is 4.08. The molecule has 2 fully saturated rings. The number of nitrogens with zero attached hydrogens (tertiary/aromatic N) is 1. The highest BCUT2D eigenvalue weighted by Gasteiger charge is 2.36. The Hall–Kier alpha value is -1.84. The minimum absolute atomic E-state index is 0.00187. The molecule has 1 amide bonds. The molecule has 0 spiro atoms. The van der Waals surface area contributed by atoms with Gasteiger partial charge in [-0.2, -0.15) is 0 Å². The van der Waals surface area contributed by atoms with Gasteiger partial charge in [0.25, 0.3) is 0 Å². The third kappa shape index (κ3) is 5.40. The molecule has 0 bridgehead atoms. The molecule has 2 N–H and O–H groups in total. The summed E-state index contributed by atoms with van der Waals surface area (Å²) in [4.78, 5) is 28.3. The number of carbonyl (C=O) groups excluding carboxylic acids is 1. The van der Waals surface area contributed by atoms with Crippen molar-refractivity contribution in [2.24, 2.45) is 17.3 Å². The summed E-state index contributed by atoms with van der Waals surface area (Å²) in [7, 11) is 0. The van der Waals surface area contributed by atoms with Crippen molar-refractivity contribution in [1.82, 2.24) is 5.32 Å². The topological polar surface area (TPSA) is 69.6 Å². The summed E-state index contributed by atoms with van der Waals surface area (Å²) >= 11 is 1.17. The second-order valence-electron chi connectivity index (χ2n) is 9.44. The fourth-order valence-corrected chi connectivity index (χ4v) is 4.92. The summed E-state index contributed by atoms with van der Waals surface area (Å²) in [6.07, 6.45) is 4.74. The maximum absolute atomic E-state index is 13.6. The van der Waals surface area contributed by atoms with Crippen molar-refractivity contribution in [2.45, 2.75) is 65.8 Å². The molecule has 1 aliphatic carbocycles. The Morgan fingerprint density at radius 3 is 2.45 bits per heavy atom. The van der Waals surface area contributed by atoms with Crippen LogP contribution in [0.25, 0.3) is 0 Å². The van der Waals surface area contributed by atoms with Gasteiger partial charge in [-0.15, -0.1) is 11.3 Å². The van der Waals surface area contributed by atoms with Gasteiger partial charge in [0.15, 0.2) is 0 Å². The van der Waals surface area contributed by atoms with E-state index in [0.717, 1.165) is 38.6 Å². The monoisotopic (exact) mass is 416 g/mol. The van der Waals surface area contributed by atoms with E-state index in [0.29, 0.717) is 23.0 Å². The number of anilines is 1. The van der Waals surface area contributed by atoms with Crippen LogP contribution in [0.2, 0.25) is 0 Å². The Morgan fingerprint density at radius 2 is 1.90 bits per heavy atom. The van der Waals surface area contributed by atoms with Gasteiger partial charge in [0.05, 0.1) is 16.6 Å². The molecule has 2 heterocycles. The first-order valence-electron chi connectivity index (χ1n) is 10.6. The van der Waals surface area contributed by atoms with Crippen LogP contribution >= 0.6 is 11.3 Å². The zero-order chi connectivity index (χ0) is 21.2. The first-order chi connectivity index (χ1) is 13.7. The van der Waals surface area contributed by atoms with Gasteiger partial charge in [0, 0.05) is 17.9 Å². The molecule has 6 heteroatoms. The highest BCUT2D eigenvalue weighted by atomic mass is 32.1. The smallest absolute Gasteiger partial charge is 0.348 e. The van der Waals surface area contributed by atoms with Crippen molar-refractivity contribution >= 4 is 28.9 Å². The van der Waals surface area contributed by atoms with Crippen molar-refractivity contribution in [3.63, 3.8) is 0 Å². The molecule has 3 rings (SSSR count). The lowest BCUT2D eigenvalue weighted by Crippen LogP contribution is -2.46. The molecule has 5 nitrogen and oxygen atoms in total. The van der Waals surface area contributed by atoms with Crippen LogP contribution in [0.5, 0.6) is 0 Å². The third-order valence-electron chi connectivity index (χ3n) is 5.73. The molecule has 1 saturated carbocycles. The Kier molecular flexibility index (Phi) is 6.70. The van der Waals surface area contributed by atoms with E-state index in [9.17, 15) is 14.7 Å². The van der Waals surface area contributed by atoms with E-state index >= 15 is 0 Å². The third-order valence-corrected chi connectivity index (χ3v) is 6.76. The van der Waals surface area contributed by atoms with E-state index in [1.54, 1.807) is 4.90 Å². The first-order valence-corrected chi connectivity index (χ1v) is 11.4. The minimum Gasteiger partial charge on any atom is -0.477 e. The van der Waals surface area contributed by atoms with E-state index in [4.69, 9.17) is 0 Å². The lowest BCUT2D eigenvalue weighted by molar-refractivity contribution is -0.124. The van der Waals surface area contributed by atoms with Gasteiger partial charge in [-0.3, -0.25) is 4.79 Å². The standard InChI is InChI=1S/C23H32N2O3S/c1-15-5-7-16(8-6-15)21(26)25(17-10-12-24-14-17)19-13-18(9-11-23(2,3)4)29-20(19)22(27)28/h13,15-17,24H,5-8,10,12,14H2,1-4H3,(H,27,28)/t15-,16-,17-/m1/s1. The molecule has 1 saturated heterocycles. The van der Waals surface area contributed by atoms with Crippen LogP contribution in [0.4, 0.5) is 5.69 Å². The van der Waals surface area contributed by atoms with E-state index in [1.165, 1.54) is 11.3 Å². The molecule has 0 aromatic carbocycles. The summed E-state index contributed by atoms with van der Waals surface area (Å²) in [5.41, 5.74) is 0.357. The van der Waals surface area contributed by atoms with Gasteiger partial charge >= 0.3 is 5.97 Å². The number of carbonyl (C=O) groups is 2. The molecule has 2 aliphatic rings. The number of thiophene rings is 1. The predicted molar refractivity (Wildman–Crippen MR) is 117 cm³/mol. The van der Waals surface area contributed by atoms with E-state index < -0.39 is 5.97 Å². The Labute approximate surface area is 177 Å². The van der Waals surface area contributed by atoms with Crippen molar-refractivity contribution in [1.29, 1.82) is 0 Å². The van der Waals surface area contributed by atoms with Gasteiger partial charge in [-0.05, 0) is 71.4 Å². The molecule has 0 radical (unpaired) electrons. The summed E-state index contributed by atoms with van der Waals surface area (Å²) < 4.78 is 0. The number of hydrogen-bond acceptors (Lipinski definition) is 4. The predicted octanol–water partition coefficient (Wildman–Crippen LogP) is 4.37. The Bertz CT molecular complexity index is 813. The van der Waals surface area contributed by atoms with E-state index in [2.05, 4.69) is 24.1 Å². The zero-order valence-electron chi connectivity index (χ0n) is 17.9. The molecule has 1 atom stereocenters. The second kappa shape index (κ2) is 8.89. The van der Waals surface area contributed by atoms with E-state index in [1.807, 2.05) is 26.8 Å². The number of amides is 1. The SMILES string of the molecule is CC(C)(C)C#Cc1cc(N(C(=O)[C@H]2CC[C@H](C)CC2)[C@@H]2CCNC2)c(C(=O)O)s1. The molecule has 1 aliphatic heterocycles. The minimum atomic E-state index is -0.991. The van der Waals surface area contributed by atoms with Crippen LogP contribution in [-0.4, -0.2) is 36.1 Å². The molecule has 0 unspecified atom stereocenters. The van der Waals surface area contributed by atoms with Gasteiger partial charge in [0.2, 0.25) is 5.91 Å². The normalized spacial score (nSPS) is 24.6. The maximum atomic E-state index is 13.6. The fraction of sp³-hybridized carbons (Fsp3) is 0.652. The second-order valence-corrected chi connectivity index (χ2v) is 10.5. The van der Waals surface area contributed by atoms with Crippen LogP contribution < -0.4 is 10.2 Å². The van der Waals surface area contributed by atoms with Crippen LogP contribution in [0.15, 0.2) is 6.07 Å². The van der Waals surface area contributed by atoms with Crippen LogP contribution in [0.1, 0.15) is 74.3 Å². The summed E-state index contributed by atoms with van der Waals surface area (Å²) in [5.74, 6) is 6.04. The van der Waals surface area contributed by atoms with Crippen molar-refractivity contribution in [3.8, 4) is 11.8 Å². The van der Waals surface area contributed by atoms with Gasteiger partial charge in [0.1, 0.15) is 4.88 Å². The number of hydrogen-bond donors (Lipinski definition) is 2. The molecular weight excluding hydrogens is 384 g/mol.